The van der Waals surface area contributed by atoms with Crippen molar-refractivity contribution in [3.05, 3.63) is 63.5 Å². The van der Waals surface area contributed by atoms with Crippen LogP contribution in [0, 0.1) is 0 Å². The number of thiophene rings is 1. The topological polar surface area (TPSA) is 90.0 Å². The van der Waals surface area contributed by atoms with Crippen LogP contribution < -0.4 is 16.8 Å². The summed E-state index contributed by atoms with van der Waals surface area (Å²) in [6, 6.07) is 8.73. The van der Waals surface area contributed by atoms with E-state index in [2.05, 4.69) is 10.4 Å². The molecule has 2 heterocycles. The van der Waals surface area contributed by atoms with Gasteiger partial charge in [0.25, 0.3) is 11.5 Å². The van der Waals surface area contributed by atoms with Crippen LogP contribution in [-0.2, 0) is 6.54 Å². The number of carbonyl (C=O) groups excluding carboxylic acids is 1. The van der Waals surface area contributed by atoms with E-state index in [1.165, 1.54) is 22.2 Å². The Hall–Kier alpha value is -2.51. The molecule has 21 heavy (non-hydrogen) atoms. The van der Waals surface area contributed by atoms with Gasteiger partial charge in [-0.25, -0.2) is 10.8 Å². The number of benzene rings is 1. The number of fused-ring (bicyclic) bond motifs is 1. The van der Waals surface area contributed by atoms with Crippen LogP contribution in [-0.4, -0.2) is 15.5 Å². The van der Waals surface area contributed by atoms with Crippen molar-refractivity contribution in [3.8, 4) is 0 Å². The van der Waals surface area contributed by atoms with E-state index in [0.29, 0.717) is 17.5 Å². The average molecular weight is 300 g/mol. The number of rotatable bonds is 3. The Bertz CT molecular complexity index is 869. The van der Waals surface area contributed by atoms with Crippen LogP contribution in [0.25, 0.3) is 10.2 Å². The van der Waals surface area contributed by atoms with Crippen molar-refractivity contribution in [1.29, 1.82) is 0 Å². The first kappa shape index (κ1) is 13.5. The van der Waals surface area contributed by atoms with Crippen LogP contribution in [0.2, 0.25) is 0 Å². The predicted molar refractivity (Wildman–Crippen MR) is 81.1 cm³/mol. The van der Waals surface area contributed by atoms with Crippen molar-refractivity contribution in [2.45, 2.75) is 6.54 Å². The highest BCUT2D eigenvalue weighted by Gasteiger charge is 2.07. The maximum absolute atomic E-state index is 12.3. The summed E-state index contributed by atoms with van der Waals surface area (Å²) in [5.41, 5.74) is 3.28. The van der Waals surface area contributed by atoms with Crippen LogP contribution in [0.15, 0.2) is 46.8 Å². The molecule has 0 fully saturated rings. The monoisotopic (exact) mass is 300 g/mol. The number of nitrogens with two attached hydrogens (primary N) is 1. The number of hydrazine groups is 1. The second-order valence-corrected chi connectivity index (χ2v) is 5.39. The number of amides is 1. The lowest BCUT2D eigenvalue weighted by Gasteiger charge is -2.07. The van der Waals surface area contributed by atoms with E-state index in [9.17, 15) is 9.59 Å². The molecule has 2 aromatic heterocycles. The van der Waals surface area contributed by atoms with Gasteiger partial charge < -0.3 is 0 Å². The fourth-order valence-electron chi connectivity index (χ4n) is 2.10. The van der Waals surface area contributed by atoms with Crippen molar-refractivity contribution >= 4 is 27.5 Å². The highest BCUT2D eigenvalue weighted by Crippen LogP contribution is 2.14. The number of nitrogens with one attached hydrogen (secondary N) is 1. The quantitative estimate of drug-likeness (QED) is 0.431. The van der Waals surface area contributed by atoms with Gasteiger partial charge in [-0.05, 0) is 29.1 Å². The van der Waals surface area contributed by atoms with Crippen molar-refractivity contribution in [3.63, 3.8) is 0 Å². The molecule has 3 rings (SSSR count). The summed E-state index contributed by atoms with van der Waals surface area (Å²) in [6.45, 7) is 0.351. The number of carbonyl (C=O) groups is 1. The third-order valence-electron chi connectivity index (χ3n) is 3.12. The first-order valence-corrected chi connectivity index (χ1v) is 7.09. The van der Waals surface area contributed by atoms with Gasteiger partial charge in [0.1, 0.15) is 4.83 Å². The molecule has 1 amide bonds. The molecule has 0 radical (unpaired) electrons. The zero-order valence-corrected chi connectivity index (χ0v) is 11.8. The standard InChI is InChI=1S/C14H12N4O2S/c15-17-12(19)10-3-1-2-9(6-10)7-18-8-16-13-11(14(18)20)4-5-21-13/h1-6,8H,7,15H2,(H,17,19). The molecular weight excluding hydrogens is 288 g/mol. The van der Waals surface area contributed by atoms with Gasteiger partial charge in [-0.15, -0.1) is 11.3 Å². The second kappa shape index (κ2) is 5.47. The van der Waals surface area contributed by atoms with Crippen LogP contribution >= 0.6 is 11.3 Å². The Morgan fingerprint density at radius 1 is 1.38 bits per heavy atom. The van der Waals surface area contributed by atoms with E-state index in [0.717, 1.165) is 10.4 Å². The lowest BCUT2D eigenvalue weighted by atomic mass is 10.1. The van der Waals surface area contributed by atoms with Crippen molar-refractivity contribution < 1.29 is 4.79 Å². The highest BCUT2D eigenvalue weighted by atomic mass is 32.1. The molecule has 0 unspecified atom stereocenters. The minimum Gasteiger partial charge on any atom is -0.294 e. The van der Waals surface area contributed by atoms with Crippen LogP contribution in [0.5, 0.6) is 0 Å². The largest absolute Gasteiger partial charge is 0.294 e. The van der Waals surface area contributed by atoms with Gasteiger partial charge in [0.2, 0.25) is 0 Å². The van der Waals surface area contributed by atoms with Gasteiger partial charge in [-0.1, -0.05) is 12.1 Å². The fourth-order valence-corrected chi connectivity index (χ4v) is 2.82. The second-order valence-electron chi connectivity index (χ2n) is 4.49. The highest BCUT2D eigenvalue weighted by molar-refractivity contribution is 7.16. The Labute approximate surface area is 123 Å². The number of nitrogen functional groups attached to an aromatic ring is 1. The molecule has 0 aliphatic heterocycles. The van der Waals surface area contributed by atoms with E-state index in [1.807, 2.05) is 11.4 Å². The summed E-state index contributed by atoms with van der Waals surface area (Å²) in [5.74, 6) is 4.75. The summed E-state index contributed by atoms with van der Waals surface area (Å²) >= 11 is 1.43. The molecule has 3 aromatic rings. The SMILES string of the molecule is NNC(=O)c1cccc(Cn2cnc3sccc3c2=O)c1. The summed E-state index contributed by atoms with van der Waals surface area (Å²) in [4.78, 5) is 28.8. The summed E-state index contributed by atoms with van der Waals surface area (Å²) in [5, 5.41) is 2.45. The van der Waals surface area contributed by atoms with Crippen LogP contribution in [0.3, 0.4) is 0 Å². The molecule has 0 spiro atoms. The number of nitrogens with zero attached hydrogens (tertiary/aromatic N) is 2. The van der Waals surface area contributed by atoms with Gasteiger partial charge in [0.05, 0.1) is 18.3 Å². The maximum atomic E-state index is 12.3. The molecule has 0 saturated heterocycles. The molecule has 0 aliphatic rings. The number of hydrogen-bond acceptors (Lipinski definition) is 5. The van der Waals surface area contributed by atoms with Crippen molar-refractivity contribution in [2.24, 2.45) is 5.84 Å². The van der Waals surface area contributed by atoms with Crippen molar-refractivity contribution in [1.82, 2.24) is 15.0 Å². The molecule has 106 valence electrons. The summed E-state index contributed by atoms with van der Waals surface area (Å²) in [7, 11) is 0. The maximum Gasteiger partial charge on any atom is 0.265 e. The Morgan fingerprint density at radius 3 is 3.05 bits per heavy atom. The van der Waals surface area contributed by atoms with Gasteiger partial charge in [-0.2, -0.15) is 0 Å². The van der Waals surface area contributed by atoms with E-state index in [4.69, 9.17) is 5.84 Å². The van der Waals surface area contributed by atoms with E-state index >= 15 is 0 Å². The van der Waals surface area contributed by atoms with Gasteiger partial charge >= 0.3 is 0 Å². The van der Waals surface area contributed by atoms with Gasteiger partial charge in [0.15, 0.2) is 0 Å². The zero-order chi connectivity index (χ0) is 14.8. The average Bonchev–Trinajstić information content (AvgIpc) is 2.99. The summed E-state index contributed by atoms with van der Waals surface area (Å²) < 4.78 is 1.52. The predicted octanol–water partition coefficient (Wildman–Crippen LogP) is 1.11. The smallest absolute Gasteiger partial charge is 0.265 e. The molecule has 3 N–H and O–H groups in total. The minimum atomic E-state index is -0.365. The molecule has 7 heteroatoms. The van der Waals surface area contributed by atoms with Gasteiger partial charge in [0, 0.05) is 5.56 Å². The van der Waals surface area contributed by atoms with Crippen molar-refractivity contribution in [2.75, 3.05) is 0 Å². The third kappa shape index (κ3) is 2.56. The fraction of sp³-hybridized carbons (Fsp3) is 0.0714. The first-order chi connectivity index (χ1) is 10.2. The lowest BCUT2D eigenvalue weighted by Crippen LogP contribution is -2.30. The Kier molecular flexibility index (Phi) is 3.51. The third-order valence-corrected chi connectivity index (χ3v) is 3.94. The molecule has 1 aromatic carbocycles. The molecule has 0 atom stereocenters. The van der Waals surface area contributed by atoms with Crippen LogP contribution in [0.1, 0.15) is 15.9 Å². The molecular formula is C14H12N4O2S. The number of aromatic nitrogens is 2. The molecule has 0 bridgehead atoms. The molecule has 0 saturated carbocycles. The Morgan fingerprint density at radius 2 is 2.24 bits per heavy atom. The summed E-state index contributed by atoms with van der Waals surface area (Å²) in [6.07, 6.45) is 1.52. The van der Waals surface area contributed by atoms with E-state index in [-0.39, 0.29) is 11.5 Å². The van der Waals surface area contributed by atoms with Gasteiger partial charge in [-0.3, -0.25) is 19.6 Å². The first-order valence-electron chi connectivity index (χ1n) is 6.21. The normalized spacial score (nSPS) is 10.7. The van der Waals surface area contributed by atoms with E-state index < -0.39 is 0 Å². The number of hydrogen-bond donors (Lipinski definition) is 2. The molecule has 0 aliphatic carbocycles. The Balaban J connectivity index is 1.97. The molecule has 6 nitrogen and oxygen atoms in total. The lowest BCUT2D eigenvalue weighted by molar-refractivity contribution is 0.0953. The van der Waals surface area contributed by atoms with Crippen LogP contribution in [0.4, 0.5) is 0 Å². The van der Waals surface area contributed by atoms with E-state index in [1.54, 1.807) is 24.3 Å². The zero-order valence-electron chi connectivity index (χ0n) is 10.9. The minimum absolute atomic E-state index is 0.0880.